The zero-order valence-corrected chi connectivity index (χ0v) is 18.5. The first-order valence-electron chi connectivity index (χ1n) is 9.74. The van der Waals surface area contributed by atoms with Crippen molar-refractivity contribution in [3.05, 3.63) is 75.1 Å². The zero-order chi connectivity index (χ0) is 21.3. The summed E-state index contributed by atoms with van der Waals surface area (Å²) in [6.45, 7) is 6.02. The van der Waals surface area contributed by atoms with Crippen LogP contribution in [0.4, 0.5) is 0 Å². The fraction of sp³-hybridized carbons (Fsp3) is 0.273. The second-order valence-corrected chi connectivity index (χ2v) is 8.84. The second kappa shape index (κ2) is 8.62. The maximum Gasteiger partial charge on any atom is 0.266 e. The van der Waals surface area contributed by atoms with Crippen molar-refractivity contribution in [1.82, 2.24) is 19.7 Å². The molecule has 30 heavy (non-hydrogen) atoms. The molecule has 0 bridgehead atoms. The monoisotopic (exact) mass is 440 g/mol. The van der Waals surface area contributed by atoms with Crippen molar-refractivity contribution < 1.29 is 4.52 Å². The van der Waals surface area contributed by atoms with E-state index in [-0.39, 0.29) is 10.8 Å². The van der Waals surface area contributed by atoms with Crippen molar-refractivity contribution in [3.63, 3.8) is 0 Å². The Morgan fingerprint density at radius 1 is 1.20 bits per heavy atom. The lowest BCUT2D eigenvalue weighted by atomic mass is 10.2. The van der Waals surface area contributed by atoms with Crippen molar-refractivity contribution in [2.75, 3.05) is 0 Å². The summed E-state index contributed by atoms with van der Waals surface area (Å²) in [4.78, 5) is 22.6. The summed E-state index contributed by atoms with van der Waals surface area (Å²) in [6, 6.07) is 12.9. The Bertz CT molecular complexity index is 1270. The predicted molar refractivity (Wildman–Crippen MR) is 120 cm³/mol. The first-order chi connectivity index (χ1) is 14.5. The summed E-state index contributed by atoms with van der Waals surface area (Å²) in [5.41, 5.74) is 2.23. The summed E-state index contributed by atoms with van der Waals surface area (Å²) in [5, 5.41) is 5.45. The SMILES string of the molecule is CCCc1noc(C(C)Sc2nc3cc(Cl)ccc3c(=O)n2-c2cccc(C)c2)n1. The molecule has 8 heteroatoms. The number of thioether (sulfide) groups is 1. The van der Waals surface area contributed by atoms with Gasteiger partial charge in [-0.3, -0.25) is 9.36 Å². The molecule has 4 rings (SSSR count). The van der Waals surface area contributed by atoms with Gasteiger partial charge in [0.2, 0.25) is 5.89 Å². The molecule has 0 aliphatic heterocycles. The minimum absolute atomic E-state index is 0.144. The number of rotatable bonds is 6. The van der Waals surface area contributed by atoms with Crippen LogP contribution in [0.1, 0.15) is 42.8 Å². The smallest absolute Gasteiger partial charge is 0.266 e. The standard InChI is InChI=1S/C22H21ClN4O2S/c1-4-6-19-25-20(29-26-19)14(3)30-22-24-18-12-15(23)9-10-17(18)21(28)27(22)16-8-5-7-13(2)11-16/h5,7-12,14H,4,6H2,1-3H3. The van der Waals surface area contributed by atoms with Gasteiger partial charge >= 0.3 is 0 Å². The number of aryl methyl sites for hydroxylation is 2. The van der Waals surface area contributed by atoms with Crippen LogP contribution in [0.3, 0.4) is 0 Å². The average Bonchev–Trinajstić information content (AvgIpc) is 3.17. The maximum absolute atomic E-state index is 13.4. The lowest BCUT2D eigenvalue weighted by molar-refractivity contribution is 0.374. The highest BCUT2D eigenvalue weighted by Gasteiger charge is 2.21. The van der Waals surface area contributed by atoms with E-state index in [4.69, 9.17) is 21.1 Å². The minimum Gasteiger partial charge on any atom is -0.338 e. The highest BCUT2D eigenvalue weighted by molar-refractivity contribution is 7.99. The van der Waals surface area contributed by atoms with Crippen molar-refractivity contribution in [2.45, 2.75) is 44.0 Å². The first-order valence-corrected chi connectivity index (χ1v) is 11.0. The van der Waals surface area contributed by atoms with Gasteiger partial charge in [-0.15, -0.1) is 0 Å². The molecule has 6 nitrogen and oxygen atoms in total. The zero-order valence-electron chi connectivity index (χ0n) is 16.9. The molecule has 0 saturated carbocycles. The quantitative estimate of drug-likeness (QED) is 0.289. The van der Waals surface area contributed by atoms with Crippen LogP contribution < -0.4 is 5.56 Å². The van der Waals surface area contributed by atoms with Crippen LogP contribution in [0.2, 0.25) is 5.02 Å². The lowest BCUT2D eigenvalue weighted by Crippen LogP contribution is -2.22. The van der Waals surface area contributed by atoms with Crippen LogP contribution >= 0.6 is 23.4 Å². The third kappa shape index (κ3) is 4.13. The molecule has 0 N–H and O–H groups in total. The molecule has 0 radical (unpaired) electrons. The molecule has 0 fully saturated rings. The van der Waals surface area contributed by atoms with Gasteiger partial charge in [-0.2, -0.15) is 4.98 Å². The van der Waals surface area contributed by atoms with E-state index in [1.807, 2.05) is 38.1 Å². The van der Waals surface area contributed by atoms with E-state index in [0.717, 1.165) is 24.1 Å². The maximum atomic E-state index is 13.4. The highest BCUT2D eigenvalue weighted by Crippen LogP contribution is 2.34. The fourth-order valence-corrected chi connectivity index (χ4v) is 4.30. The van der Waals surface area contributed by atoms with Crippen LogP contribution in [0.25, 0.3) is 16.6 Å². The van der Waals surface area contributed by atoms with E-state index >= 15 is 0 Å². The third-order valence-corrected chi connectivity index (χ3v) is 5.92. The predicted octanol–water partition coefficient (Wildman–Crippen LogP) is 5.54. The number of hydrogen-bond acceptors (Lipinski definition) is 6. The molecule has 2 aromatic carbocycles. The molecule has 4 aromatic rings. The highest BCUT2D eigenvalue weighted by atomic mass is 35.5. The Morgan fingerprint density at radius 3 is 2.80 bits per heavy atom. The van der Waals surface area contributed by atoms with E-state index in [9.17, 15) is 4.79 Å². The molecule has 0 aliphatic rings. The Morgan fingerprint density at radius 2 is 2.03 bits per heavy atom. The summed E-state index contributed by atoms with van der Waals surface area (Å²) in [5.74, 6) is 1.20. The molecule has 0 aliphatic carbocycles. The van der Waals surface area contributed by atoms with E-state index < -0.39 is 0 Å². The van der Waals surface area contributed by atoms with Crippen molar-refractivity contribution >= 4 is 34.3 Å². The molecule has 2 aromatic heterocycles. The van der Waals surface area contributed by atoms with E-state index in [2.05, 4.69) is 17.1 Å². The van der Waals surface area contributed by atoms with Crippen LogP contribution in [0.5, 0.6) is 0 Å². The number of nitrogens with zero attached hydrogens (tertiary/aromatic N) is 4. The number of benzene rings is 2. The largest absolute Gasteiger partial charge is 0.338 e. The van der Waals surface area contributed by atoms with Gasteiger partial charge in [0, 0.05) is 11.4 Å². The van der Waals surface area contributed by atoms with E-state index in [1.165, 1.54) is 11.8 Å². The van der Waals surface area contributed by atoms with Crippen LogP contribution in [0, 0.1) is 6.92 Å². The number of hydrogen-bond donors (Lipinski definition) is 0. The van der Waals surface area contributed by atoms with Crippen molar-refractivity contribution in [2.24, 2.45) is 0 Å². The summed E-state index contributed by atoms with van der Waals surface area (Å²) in [6.07, 6.45) is 1.71. The van der Waals surface area contributed by atoms with Gasteiger partial charge in [0.25, 0.3) is 5.56 Å². The van der Waals surface area contributed by atoms with Crippen LogP contribution in [0.15, 0.2) is 56.9 Å². The molecule has 1 unspecified atom stereocenters. The van der Waals surface area contributed by atoms with Gasteiger partial charge in [0.1, 0.15) is 0 Å². The normalized spacial score (nSPS) is 12.4. The first kappa shape index (κ1) is 20.6. The molecule has 0 spiro atoms. The number of aromatic nitrogens is 4. The van der Waals surface area contributed by atoms with Gasteiger partial charge in [-0.25, -0.2) is 4.98 Å². The van der Waals surface area contributed by atoms with Gasteiger partial charge in [-0.05, 0) is 56.2 Å². The minimum atomic E-state index is -0.178. The Hall–Kier alpha value is -2.64. The van der Waals surface area contributed by atoms with Crippen molar-refractivity contribution in [3.8, 4) is 5.69 Å². The molecule has 2 heterocycles. The third-order valence-electron chi connectivity index (χ3n) is 4.65. The van der Waals surface area contributed by atoms with Gasteiger partial charge in [-0.1, -0.05) is 47.6 Å². The Balaban J connectivity index is 1.84. The Labute approximate surface area is 183 Å². The summed E-state index contributed by atoms with van der Waals surface area (Å²) < 4.78 is 7.07. The average molecular weight is 441 g/mol. The second-order valence-electron chi connectivity index (χ2n) is 7.09. The molecular formula is C22H21ClN4O2S. The van der Waals surface area contributed by atoms with E-state index in [0.29, 0.717) is 32.8 Å². The summed E-state index contributed by atoms with van der Waals surface area (Å²) in [7, 11) is 0. The van der Waals surface area contributed by atoms with Gasteiger partial charge in [0.05, 0.1) is 21.8 Å². The van der Waals surface area contributed by atoms with Crippen molar-refractivity contribution in [1.29, 1.82) is 0 Å². The fourth-order valence-electron chi connectivity index (χ4n) is 3.18. The molecule has 1 atom stereocenters. The molecule has 0 amide bonds. The summed E-state index contributed by atoms with van der Waals surface area (Å²) >= 11 is 7.55. The topological polar surface area (TPSA) is 73.8 Å². The lowest BCUT2D eigenvalue weighted by Gasteiger charge is -2.15. The van der Waals surface area contributed by atoms with Crippen LogP contribution in [-0.4, -0.2) is 19.7 Å². The van der Waals surface area contributed by atoms with E-state index in [1.54, 1.807) is 22.8 Å². The van der Waals surface area contributed by atoms with Gasteiger partial charge in [0.15, 0.2) is 11.0 Å². The number of fused-ring (bicyclic) bond motifs is 1. The van der Waals surface area contributed by atoms with Gasteiger partial charge < -0.3 is 4.52 Å². The number of halogens is 1. The molecule has 0 saturated heterocycles. The Kier molecular flexibility index (Phi) is 5.92. The molecular weight excluding hydrogens is 420 g/mol. The molecule has 154 valence electrons. The van der Waals surface area contributed by atoms with Crippen LogP contribution in [-0.2, 0) is 6.42 Å².